The van der Waals surface area contributed by atoms with E-state index in [0.29, 0.717) is 23.0 Å². The molecule has 0 radical (unpaired) electrons. The third-order valence-corrected chi connectivity index (χ3v) is 6.23. The Balaban J connectivity index is 1.30. The molecule has 4 rings (SSSR count). The number of anilines is 3. The highest BCUT2D eigenvalue weighted by Crippen LogP contribution is 2.31. The summed E-state index contributed by atoms with van der Waals surface area (Å²) in [6.07, 6.45) is 2.90. The van der Waals surface area contributed by atoms with Gasteiger partial charge in [-0.05, 0) is 57.2 Å². The van der Waals surface area contributed by atoms with Crippen molar-refractivity contribution in [2.45, 2.75) is 51.1 Å². The zero-order valence-corrected chi connectivity index (χ0v) is 17.9. The van der Waals surface area contributed by atoms with Crippen molar-refractivity contribution in [3.05, 3.63) is 36.0 Å². The largest absolute Gasteiger partial charge is 0.573 e. The maximum absolute atomic E-state index is 12.6. The van der Waals surface area contributed by atoms with Gasteiger partial charge in [0, 0.05) is 24.7 Å². The van der Waals surface area contributed by atoms with Crippen molar-refractivity contribution in [3.8, 4) is 5.75 Å². The van der Waals surface area contributed by atoms with Crippen LogP contribution in [0.2, 0.25) is 0 Å². The van der Waals surface area contributed by atoms with Gasteiger partial charge in [0.15, 0.2) is 5.82 Å². The lowest BCUT2D eigenvalue weighted by molar-refractivity contribution is -0.274. The molecule has 0 atom stereocenters. The van der Waals surface area contributed by atoms with Gasteiger partial charge in [-0.1, -0.05) is 18.2 Å². The number of nitrogens with one attached hydrogen (secondary N) is 2. The van der Waals surface area contributed by atoms with Crippen LogP contribution in [0.3, 0.4) is 0 Å². The van der Waals surface area contributed by atoms with E-state index in [9.17, 15) is 13.2 Å². The van der Waals surface area contributed by atoms with Crippen LogP contribution in [0, 0.1) is 5.92 Å². The molecule has 2 aromatic rings. The molecule has 2 aliphatic rings. The van der Waals surface area contributed by atoms with E-state index in [1.165, 1.54) is 63.5 Å². The summed E-state index contributed by atoms with van der Waals surface area (Å²) in [6.45, 7) is 3.35. The Morgan fingerprint density at radius 3 is 2.53 bits per heavy atom. The van der Waals surface area contributed by atoms with Gasteiger partial charge in [0.1, 0.15) is 5.75 Å². The van der Waals surface area contributed by atoms with Gasteiger partial charge in [0.2, 0.25) is 5.95 Å². The van der Waals surface area contributed by atoms with Gasteiger partial charge in [-0.2, -0.15) is 4.98 Å². The molecule has 0 bridgehead atoms. The second kappa shape index (κ2) is 9.81. The quantitative estimate of drug-likeness (QED) is 0.554. The molecule has 0 unspecified atom stereocenters. The number of para-hydroxylation sites is 1. The van der Waals surface area contributed by atoms with Crippen LogP contribution in [0.25, 0.3) is 0 Å². The molecule has 32 heavy (non-hydrogen) atoms. The molecule has 1 aromatic heterocycles. The van der Waals surface area contributed by atoms with Crippen molar-refractivity contribution in [2.24, 2.45) is 5.92 Å². The van der Waals surface area contributed by atoms with Crippen molar-refractivity contribution >= 4 is 17.5 Å². The topological polar surface area (TPSA) is 88.3 Å². The lowest BCUT2D eigenvalue weighted by atomic mass is 9.84. The summed E-state index contributed by atoms with van der Waals surface area (Å²) in [7, 11) is 0. The van der Waals surface area contributed by atoms with Crippen LogP contribution in [-0.2, 0) is 6.54 Å². The molecule has 1 aliphatic carbocycles. The standard InChI is InChI=1S/C22H29F3N6O/c23-22(24,25)32-19-5-2-1-4-16(19)13-28-21-29-14-18(26)20(30-21)27-12-15-6-8-17(9-7-15)31-10-3-11-31/h1-2,4-5,14-15,17H,3,6-13,26H2,(H2,27,28,29,30). The number of rotatable bonds is 8. The molecule has 1 aromatic carbocycles. The fraction of sp³-hybridized carbons (Fsp3) is 0.545. The van der Waals surface area contributed by atoms with E-state index in [0.717, 1.165) is 12.6 Å². The van der Waals surface area contributed by atoms with Crippen molar-refractivity contribution in [3.63, 3.8) is 0 Å². The fourth-order valence-electron chi connectivity index (χ4n) is 4.33. The first-order valence-electron chi connectivity index (χ1n) is 11.1. The van der Waals surface area contributed by atoms with Crippen molar-refractivity contribution < 1.29 is 17.9 Å². The summed E-state index contributed by atoms with van der Waals surface area (Å²) in [5, 5.41) is 6.29. The molecule has 1 saturated carbocycles. The molecule has 2 heterocycles. The van der Waals surface area contributed by atoms with Crippen LogP contribution in [0.5, 0.6) is 5.75 Å². The van der Waals surface area contributed by atoms with E-state index in [1.807, 2.05) is 0 Å². The average molecular weight is 451 g/mol. The zero-order valence-electron chi connectivity index (χ0n) is 17.9. The molecule has 7 nitrogen and oxygen atoms in total. The van der Waals surface area contributed by atoms with E-state index in [-0.39, 0.29) is 18.2 Å². The Morgan fingerprint density at radius 1 is 1.09 bits per heavy atom. The number of benzene rings is 1. The molecule has 0 spiro atoms. The minimum absolute atomic E-state index is 0.0795. The first-order valence-corrected chi connectivity index (χ1v) is 11.1. The maximum Gasteiger partial charge on any atom is 0.573 e. The highest BCUT2D eigenvalue weighted by Gasteiger charge is 2.32. The Bertz CT molecular complexity index is 897. The van der Waals surface area contributed by atoms with Gasteiger partial charge in [-0.3, -0.25) is 0 Å². The predicted molar refractivity (Wildman–Crippen MR) is 117 cm³/mol. The average Bonchev–Trinajstić information content (AvgIpc) is 2.72. The monoisotopic (exact) mass is 450 g/mol. The summed E-state index contributed by atoms with van der Waals surface area (Å²) >= 11 is 0. The lowest BCUT2D eigenvalue weighted by Gasteiger charge is -2.42. The van der Waals surface area contributed by atoms with E-state index in [2.05, 4.69) is 30.2 Å². The lowest BCUT2D eigenvalue weighted by Crippen LogP contribution is -2.46. The second-order valence-electron chi connectivity index (χ2n) is 8.45. The SMILES string of the molecule is Nc1cnc(NCc2ccccc2OC(F)(F)F)nc1NCC1CCC(N2CCC2)CC1. The van der Waals surface area contributed by atoms with Crippen LogP contribution in [0.4, 0.5) is 30.6 Å². The number of aromatic nitrogens is 2. The summed E-state index contributed by atoms with van der Waals surface area (Å²) in [4.78, 5) is 11.1. The second-order valence-corrected chi connectivity index (χ2v) is 8.45. The minimum atomic E-state index is -4.75. The highest BCUT2D eigenvalue weighted by molar-refractivity contribution is 5.61. The smallest absolute Gasteiger partial charge is 0.405 e. The predicted octanol–water partition coefficient (Wildman–Crippen LogP) is 4.25. The Labute approximate surface area is 185 Å². The number of nitrogen functional groups attached to an aromatic ring is 1. The van der Waals surface area contributed by atoms with E-state index >= 15 is 0 Å². The molecule has 4 N–H and O–H groups in total. The number of nitrogens with zero attached hydrogens (tertiary/aromatic N) is 3. The summed E-state index contributed by atoms with van der Waals surface area (Å²) < 4.78 is 41.9. The number of nitrogens with two attached hydrogens (primary N) is 1. The molecule has 2 fully saturated rings. The Hall–Kier alpha value is -2.75. The van der Waals surface area contributed by atoms with Crippen LogP contribution in [0.1, 0.15) is 37.7 Å². The molecule has 1 aliphatic heterocycles. The molecule has 1 saturated heterocycles. The maximum atomic E-state index is 12.6. The highest BCUT2D eigenvalue weighted by atomic mass is 19.4. The van der Waals surface area contributed by atoms with Crippen LogP contribution in [-0.4, -0.2) is 46.9 Å². The first-order chi connectivity index (χ1) is 15.4. The Morgan fingerprint density at radius 2 is 1.84 bits per heavy atom. The van der Waals surface area contributed by atoms with Crippen molar-refractivity contribution in [1.82, 2.24) is 14.9 Å². The normalized spacial score (nSPS) is 21.6. The van der Waals surface area contributed by atoms with Crippen molar-refractivity contribution in [2.75, 3.05) is 36.0 Å². The van der Waals surface area contributed by atoms with Gasteiger partial charge >= 0.3 is 6.36 Å². The van der Waals surface area contributed by atoms with Gasteiger partial charge in [-0.15, -0.1) is 13.2 Å². The Kier molecular flexibility index (Phi) is 6.88. The minimum Gasteiger partial charge on any atom is -0.405 e. The number of alkyl halides is 3. The van der Waals surface area contributed by atoms with E-state index in [4.69, 9.17) is 5.73 Å². The molecular weight excluding hydrogens is 421 g/mol. The summed E-state index contributed by atoms with van der Waals surface area (Å²) in [6, 6.07) is 6.71. The molecule has 0 amide bonds. The first kappa shape index (κ1) is 22.4. The van der Waals surface area contributed by atoms with Gasteiger partial charge < -0.3 is 26.0 Å². The third kappa shape index (κ3) is 5.93. The number of ether oxygens (including phenoxy) is 1. The molecule has 174 valence electrons. The van der Waals surface area contributed by atoms with Crippen LogP contribution < -0.4 is 21.1 Å². The number of likely N-dealkylation sites (tertiary alicyclic amines) is 1. The number of hydrogen-bond donors (Lipinski definition) is 3. The van der Waals surface area contributed by atoms with Gasteiger partial charge in [0.05, 0.1) is 11.9 Å². The molecule has 10 heteroatoms. The van der Waals surface area contributed by atoms with Gasteiger partial charge in [0.25, 0.3) is 0 Å². The summed E-state index contributed by atoms with van der Waals surface area (Å²) in [5.74, 6) is 1.14. The fourth-order valence-corrected chi connectivity index (χ4v) is 4.33. The van der Waals surface area contributed by atoms with Gasteiger partial charge in [-0.25, -0.2) is 4.98 Å². The number of hydrogen-bond acceptors (Lipinski definition) is 7. The summed E-state index contributed by atoms with van der Waals surface area (Å²) in [5.41, 5.74) is 6.81. The third-order valence-electron chi connectivity index (χ3n) is 6.23. The van der Waals surface area contributed by atoms with Crippen LogP contribution in [0.15, 0.2) is 30.5 Å². The van der Waals surface area contributed by atoms with E-state index in [1.54, 1.807) is 12.1 Å². The van der Waals surface area contributed by atoms with Crippen molar-refractivity contribution in [1.29, 1.82) is 0 Å². The van der Waals surface area contributed by atoms with Crippen LogP contribution >= 0.6 is 0 Å². The van der Waals surface area contributed by atoms with E-state index < -0.39 is 6.36 Å². The number of halogens is 3. The zero-order chi connectivity index (χ0) is 22.6. The molecular formula is C22H29F3N6O.